The lowest BCUT2D eigenvalue weighted by Crippen LogP contribution is -2.34. The van der Waals surface area contributed by atoms with Gasteiger partial charge in [0.2, 0.25) is 10.0 Å². The van der Waals surface area contributed by atoms with Crippen LogP contribution in [0.3, 0.4) is 0 Å². The molecule has 1 radical (unpaired) electrons. The summed E-state index contributed by atoms with van der Waals surface area (Å²) in [5, 5.41) is 0. The Morgan fingerprint density at radius 2 is 2.19 bits per heavy atom. The van der Waals surface area contributed by atoms with Gasteiger partial charge in [0, 0.05) is 31.4 Å². The molecule has 16 heavy (non-hydrogen) atoms. The Labute approximate surface area is 97.3 Å². The van der Waals surface area contributed by atoms with Crippen molar-refractivity contribution in [2.24, 2.45) is 0 Å². The third kappa shape index (κ3) is 4.63. The Morgan fingerprint density at radius 1 is 1.44 bits per heavy atom. The molecule has 89 valence electrons. The normalized spacial score (nSPS) is 11.4. The zero-order valence-corrected chi connectivity index (χ0v) is 10.4. The highest BCUT2D eigenvalue weighted by Crippen LogP contribution is 2.10. The molecule has 0 aliphatic rings. The number of nitrogens with zero attached hydrogens (tertiary/aromatic N) is 1. The highest BCUT2D eigenvalue weighted by Gasteiger charge is 2.05. The van der Waals surface area contributed by atoms with Crippen LogP contribution in [0, 0.1) is 6.07 Å². The van der Waals surface area contributed by atoms with Gasteiger partial charge >= 0.3 is 0 Å². The summed E-state index contributed by atoms with van der Waals surface area (Å²) >= 11 is 0. The molecule has 1 aromatic rings. The van der Waals surface area contributed by atoms with Crippen LogP contribution in [0.2, 0.25) is 0 Å². The third-order valence-electron chi connectivity index (χ3n) is 2.16. The summed E-state index contributed by atoms with van der Waals surface area (Å²) in [4.78, 5) is 2.07. The lowest BCUT2D eigenvalue weighted by molar-refractivity contribution is 0.587. The SMILES string of the molecule is CCN(CCNS(C)(=O)=O)c1[c]cccc1. The minimum absolute atomic E-state index is 0.412. The number of anilines is 1. The average molecular weight is 241 g/mol. The molecule has 4 nitrogen and oxygen atoms in total. The first-order valence-corrected chi connectivity index (χ1v) is 7.08. The number of hydrogen-bond donors (Lipinski definition) is 1. The van der Waals surface area contributed by atoms with Crippen molar-refractivity contribution in [3.05, 3.63) is 30.3 Å². The zero-order valence-electron chi connectivity index (χ0n) is 9.60. The van der Waals surface area contributed by atoms with Gasteiger partial charge in [-0.05, 0) is 13.0 Å². The summed E-state index contributed by atoms with van der Waals surface area (Å²) in [6.07, 6.45) is 1.16. The van der Waals surface area contributed by atoms with E-state index in [4.69, 9.17) is 0 Å². The number of hydrogen-bond acceptors (Lipinski definition) is 3. The summed E-state index contributed by atoms with van der Waals surface area (Å²) in [7, 11) is -3.10. The first-order chi connectivity index (χ1) is 7.53. The van der Waals surface area contributed by atoms with Crippen LogP contribution in [-0.4, -0.2) is 34.3 Å². The fourth-order valence-corrected chi connectivity index (χ4v) is 1.86. The summed E-state index contributed by atoms with van der Waals surface area (Å²) in [5.41, 5.74) is 0.986. The van der Waals surface area contributed by atoms with Crippen molar-refractivity contribution in [3.63, 3.8) is 0 Å². The van der Waals surface area contributed by atoms with Crippen LogP contribution in [0.1, 0.15) is 6.92 Å². The van der Waals surface area contributed by atoms with Crippen LogP contribution in [0.25, 0.3) is 0 Å². The second kappa shape index (κ2) is 5.86. The second-order valence-electron chi connectivity index (χ2n) is 3.49. The smallest absolute Gasteiger partial charge is 0.208 e. The van der Waals surface area contributed by atoms with Crippen LogP contribution in [0.15, 0.2) is 24.3 Å². The van der Waals surface area contributed by atoms with E-state index in [-0.39, 0.29) is 0 Å². The van der Waals surface area contributed by atoms with Crippen molar-refractivity contribution in [3.8, 4) is 0 Å². The van der Waals surface area contributed by atoms with Gasteiger partial charge in [0.25, 0.3) is 0 Å². The lowest BCUT2D eigenvalue weighted by atomic mass is 10.3. The van der Waals surface area contributed by atoms with Crippen LogP contribution >= 0.6 is 0 Å². The molecule has 0 amide bonds. The molecule has 0 saturated heterocycles. The minimum atomic E-state index is -3.10. The van der Waals surface area contributed by atoms with E-state index < -0.39 is 10.0 Å². The average Bonchev–Trinajstić information content (AvgIpc) is 2.24. The van der Waals surface area contributed by atoms with Gasteiger partial charge in [0.1, 0.15) is 0 Å². The molecule has 0 bridgehead atoms. The van der Waals surface area contributed by atoms with Gasteiger partial charge in [-0.2, -0.15) is 0 Å². The second-order valence-corrected chi connectivity index (χ2v) is 5.33. The minimum Gasteiger partial charge on any atom is -0.370 e. The van der Waals surface area contributed by atoms with Gasteiger partial charge in [-0.3, -0.25) is 0 Å². The summed E-state index contributed by atoms with van der Waals surface area (Å²) in [5.74, 6) is 0. The van der Waals surface area contributed by atoms with Crippen LogP contribution in [-0.2, 0) is 10.0 Å². The van der Waals surface area contributed by atoms with Crippen LogP contribution in [0.4, 0.5) is 5.69 Å². The maximum atomic E-state index is 10.9. The summed E-state index contributed by atoms with van der Waals surface area (Å²) in [6.45, 7) is 3.91. The molecule has 0 spiro atoms. The molecule has 0 aliphatic heterocycles. The quantitative estimate of drug-likeness (QED) is 0.803. The molecule has 5 heteroatoms. The molecular formula is C11H17N2O2S. The highest BCUT2D eigenvalue weighted by atomic mass is 32.2. The van der Waals surface area contributed by atoms with E-state index in [1.54, 1.807) is 0 Å². The molecule has 1 N–H and O–H groups in total. The van der Waals surface area contributed by atoms with E-state index >= 15 is 0 Å². The Kier molecular flexibility index (Phi) is 4.76. The molecule has 0 aromatic heterocycles. The zero-order chi connectivity index (χ0) is 12.0. The molecule has 0 fully saturated rings. The van der Waals surface area contributed by atoms with E-state index in [9.17, 15) is 8.42 Å². The number of benzene rings is 1. The Morgan fingerprint density at radius 3 is 2.69 bits per heavy atom. The van der Waals surface area contributed by atoms with E-state index in [1.807, 2.05) is 31.2 Å². The molecule has 0 unspecified atom stereocenters. The Balaban J connectivity index is 2.51. The maximum absolute atomic E-state index is 10.9. The molecule has 0 heterocycles. The van der Waals surface area contributed by atoms with Crippen molar-refractivity contribution in [2.45, 2.75) is 6.92 Å². The number of sulfonamides is 1. The van der Waals surface area contributed by atoms with Crippen molar-refractivity contribution in [1.82, 2.24) is 4.72 Å². The van der Waals surface area contributed by atoms with Gasteiger partial charge in [0.15, 0.2) is 0 Å². The number of para-hydroxylation sites is 1. The van der Waals surface area contributed by atoms with Crippen LogP contribution in [0.5, 0.6) is 0 Å². The van der Waals surface area contributed by atoms with Gasteiger partial charge in [-0.1, -0.05) is 18.2 Å². The number of nitrogens with one attached hydrogen (secondary N) is 1. The predicted molar refractivity (Wildman–Crippen MR) is 66.0 cm³/mol. The molecule has 1 rings (SSSR count). The van der Waals surface area contributed by atoms with E-state index in [0.29, 0.717) is 13.1 Å². The highest BCUT2D eigenvalue weighted by molar-refractivity contribution is 7.88. The molecule has 0 atom stereocenters. The molecule has 0 aliphatic carbocycles. The van der Waals surface area contributed by atoms with E-state index in [1.165, 1.54) is 0 Å². The molecule has 0 saturated carbocycles. The van der Waals surface area contributed by atoms with Crippen molar-refractivity contribution >= 4 is 15.7 Å². The lowest BCUT2D eigenvalue weighted by Gasteiger charge is -2.22. The first kappa shape index (κ1) is 13.0. The summed E-state index contributed by atoms with van der Waals surface area (Å²) in [6, 6.07) is 10.8. The molecule has 1 aromatic carbocycles. The Bertz CT molecular complexity index is 403. The fourth-order valence-electron chi connectivity index (χ4n) is 1.40. The predicted octanol–water partition coefficient (Wildman–Crippen LogP) is 0.862. The maximum Gasteiger partial charge on any atom is 0.208 e. The number of likely N-dealkylation sites (N-methyl/N-ethyl adjacent to an activating group) is 1. The fraction of sp³-hybridized carbons (Fsp3) is 0.455. The largest absolute Gasteiger partial charge is 0.370 e. The summed E-state index contributed by atoms with van der Waals surface area (Å²) < 4.78 is 24.3. The van der Waals surface area contributed by atoms with Gasteiger partial charge < -0.3 is 4.90 Å². The van der Waals surface area contributed by atoms with Gasteiger partial charge in [0.05, 0.1) is 6.26 Å². The van der Waals surface area contributed by atoms with Crippen molar-refractivity contribution < 1.29 is 8.42 Å². The van der Waals surface area contributed by atoms with Gasteiger partial charge in [-0.15, -0.1) is 0 Å². The van der Waals surface area contributed by atoms with Crippen LogP contribution < -0.4 is 9.62 Å². The van der Waals surface area contributed by atoms with Crippen molar-refractivity contribution in [2.75, 3.05) is 30.8 Å². The Hall–Kier alpha value is -1.07. The van der Waals surface area contributed by atoms with Gasteiger partial charge in [-0.25, -0.2) is 13.1 Å². The number of rotatable bonds is 6. The standard InChI is InChI=1S/C11H17N2O2S/c1-3-13(10-9-12-16(2,14)15)11-7-5-4-6-8-11/h4-7,12H,3,9-10H2,1-2H3. The monoisotopic (exact) mass is 241 g/mol. The van der Waals surface area contributed by atoms with Crippen molar-refractivity contribution in [1.29, 1.82) is 0 Å². The third-order valence-corrected chi connectivity index (χ3v) is 2.89. The van der Waals surface area contributed by atoms with E-state index in [2.05, 4.69) is 15.7 Å². The topological polar surface area (TPSA) is 49.4 Å². The first-order valence-electron chi connectivity index (χ1n) is 5.19. The molecular weight excluding hydrogens is 224 g/mol. The van der Waals surface area contributed by atoms with E-state index in [0.717, 1.165) is 18.5 Å².